The molecule has 0 radical (unpaired) electrons. The first-order valence-corrected chi connectivity index (χ1v) is 16.7. The number of anilines is 3. The van der Waals surface area contributed by atoms with E-state index in [1.54, 1.807) is 64.3 Å². The fraction of sp³-hybridized carbons (Fsp3) is 0.237. The largest absolute Gasteiger partial charge is 0.418 e. The Balaban J connectivity index is 1.01. The van der Waals surface area contributed by atoms with Crippen molar-refractivity contribution in [2.75, 3.05) is 47.8 Å². The third-order valence-corrected chi connectivity index (χ3v) is 9.17. The second kappa shape index (κ2) is 14.4. The number of alkyl halides is 3. The number of amides is 4. The molecule has 2 fully saturated rings. The van der Waals surface area contributed by atoms with Crippen LogP contribution in [0.15, 0.2) is 79.1 Å². The number of nitrogens with zero attached hydrogens (tertiary/aromatic N) is 6. The number of aromatic nitrogens is 3. The van der Waals surface area contributed by atoms with Gasteiger partial charge in [-0.25, -0.2) is 18.7 Å². The molecule has 2 N–H and O–H groups in total. The van der Waals surface area contributed by atoms with Crippen LogP contribution in [0.3, 0.4) is 0 Å². The van der Waals surface area contributed by atoms with Crippen molar-refractivity contribution >= 4 is 40.6 Å². The van der Waals surface area contributed by atoms with Gasteiger partial charge in [-0.3, -0.25) is 24.7 Å². The predicted molar refractivity (Wildman–Crippen MR) is 189 cm³/mol. The highest BCUT2D eigenvalue weighted by atomic mass is 19.4. The molecule has 0 saturated carbocycles. The van der Waals surface area contributed by atoms with Crippen molar-refractivity contribution in [1.82, 2.24) is 24.8 Å². The first-order valence-electron chi connectivity index (χ1n) is 16.7. The van der Waals surface area contributed by atoms with Gasteiger partial charge in [-0.1, -0.05) is 18.1 Å². The van der Waals surface area contributed by atoms with E-state index in [2.05, 4.69) is 32.6 Å². The second-order valence-corrected chi connectivity index (χ2v) is 12.7. The van der Waals surface area contributed by atoms with Crippen LogP contribution in [0.2, 0.25) is 0 Å². The minimum absolute atomic E-state index is 0.0118. The summed E-state index contributed by atoms with van der Waals surface area (Å²) in [4.78, 5) is 45.9. The molecule has 2 aliphatic rings. The highest BCUT2D eigenvalue weighted by molar-refractivity contribution is 6.06. The standard InChI is InChI=1S/C38H32F4N8O3/c1-24-4-5-26(19-25(24)6-10-30-22-43-34-3-2-13-44-50(30)34)36(52)45-28-8-11-33(31(20-28)38(40,41)42)48-17-15-47(16-18-48)23-27-7-9-29(21-32(27)39)49-14-12-35(51)46-37(49)53/h2-5,7-9,11,13,19-22H,12,14-18,23H2,1H3,(H,45,52)(H,46,51,53). The van der Waals surface area contributed by atoms with Crippen molar-refractivity contribution in [2.45, 2.75) is 26.1 Å². The lowest BCUT2D eigenvalue weighted by Crippen LogP contribution is -2.49. The van der Waals surface area contributed by atoms with Crippen molar-refractivity contribution in [2.24, 2.45) is 0 Å². The van der Waals surface area contributed by atoms with E-state index in [0.29, 0.717) is 41.2 Å². The van der Waals surface area contributed by atoms with Crippen molar-refractivity contribution in [1.29, 1.82) is 0 Å². The van der Waals surface area contributed by atoms with E-state index >= 15 is 4.39 Å². The Labute approximate surface area is 301 Å². The number of nitrogens with one attached hydrogen (secondary N) is 2. The Morgan fingerprint density at radius 3 is 2.53 bits per heavy atom. The monoisotopic (exact) mass is 724 g/mol. The van der Waals surface area contributed by atoms with Gasteiger partial charge in [0.15, 0.2) is 5.65 Å². The molecular formula is C38H32F4N8O3. The number of benzene rings is 3. The molecule has 2 aliphatic heterocycles. The van der Waals surface area contributed by atoms with E-state index in [-0.39, 0.29) is 55.4 Å². The molecule has 0 aliphatic carbocycles. The number of imide groups is 1. The number of carbonyl (C=O) groups excluding carboxylic acids is 3. The zero-order chi connectivity index (χ0) is 37.3. The highest BCUT2D eigenvalue weighted by Gasteiger charge is 2.36. The van der Waals surface area contributed by atoms with Gasteiger partial charge in [0.2, 0.25) is 5.91 Å². The topological polar surface area (TPSA) is 115 Å². The van der Waals surface area contributed by atoms with Crippen LogP contribution in [0.25, 0.3) is 5.65 Å². The van der Waals surface area contributed by atoms with Crippen LogP contribution in [0.4, 0.5) is 39.4 Å². The molecule has 11 nitrogen and oxygen atoms in total. The smallest absolute Gasteiger partial charge is 0.368 e. The van der Waals surface area contributed by atoms with Crippen LogP contribution in [0, 0.1) is 24.6 Å². The van der Waals surface area contributed by atoms with Gasteiger partial charge in [0.1, 0.15) is 11.5 Å². The maximum Gasteiger partial charge on any atom is 0.418 e. The SMILES string of the molecule is Cc1ccc(C(=O)Nc2ccc(N3CCN(Cc4ccc(N5CCC(=O)NC5=O)cc4F)CC3)c(C(F)(F)F)c2)cc1C#Cc1cnc2cccnn12. The summed E-state index contributed by atoms with van der Waals surface area (Å²) in [6.07, 6.45) is -1.37. The third-order valence-electron chi connectivity index (χ3n) is 9.17. The molecule has 0 spiro atoms. The zero-order valence-electron chi connectivity index (χ0n) is 28.4. The molecule has 4 heterocycles. The molecule has 270 valence electrons. The number of rotatable bonds is 6. The Kier molecular flexibility index (Phi) is 9.54. The van der Waals surface area contributed by atoms with Crippen molar-refractivity contribution < 1.29 is 31.9 Å². The second-order valence-electron chi connectivity index (χ2n) is 12.7. The van der Waals surface area contributed by atoms with Gasteiger partial charge in [0.05, 0.1) is 11.8 Å². The zero-order valence-corrected chi connectivity index (χ0v) is 28.4. The first-order chi connectivity index (χ1) is 25.4. The van der Waals surface area contributed by atoms with Gasteiger partial charge in [0.25, 0.3) is 5.91 Å². The number of aryl methyl sites for hydroxylation is 1. The van der Waals surface area contributed by atoms with Gasteiger partial charge in [0, 0.05) is 85.6 Å². The predicted octanol–water partition coefficient (Wildman–Crippen LogP) is 5.62. The highest BCUT2D eigenvalue weighted by Crippen LogP contribution is 2.39. The van der Waals surface area contributed by atoms with E-state index in [1.165, 1.54) is 23.1 Å². The van der Waals surface area contributed by atoms with E-state index < -0.39 is 29.5 Å². The number of fused-ring (bicyclic) bond motifs is 1. The number of halogens is 4. The van der Waals surface area contributed by atoms with E-state index in [1.807, 2.05) is 11.8 Å². The number of imidazole rings is 1. The molecule has 0 unspecified atom stereocenters. The van der Waals surface area contributed by atoms with E-state index in [0.717, 1.165) is 11.6 Å². The van der Waals surface area contributed by atoms with Crippen molar-refractivity contribution in [3.63, 3.8) is 0 Å². The Morgan fingerprint density at radius 2 is 1.77 bits per heavy atom. The maximum absolute atomic E-state index is 15.1. The van der Waals surface area contributed by atoms with Crippen LogP contribution in [-0.4, -0.2) is 70.1 Å². The average Bonchev–Trinajstić information content (AvgIpc) is 3.55. The number of hydrogen-bond donors (Lipinski definition) is 2. The normalized spacial score (nSPS) is 15.3. The lowest BCUT2D eigenvalue weighted by atomic mass is 10.0. The fourth-order valence-electron chi connectivity index (χ4n) is 6.29. The molecular weight excluding hydrogens is 692 g/mol. The Bertz CT molecular complexity index is 2300. The van der Waals surface area contributed by atoms with Crippen LogP contribution >= 0.6 is 0 Å². The molecule has 0 bridgehead atoms. The maximum atomic E-state index is 15.1. The van der Waals surface area contributed by atoms with Gasteiger partial charge < -0.3 is 10.2 Å². The molecule has 5 aromatic rings. The molecule has 53 heavy (non-hydrogen) atoms. The van der Waals surface area contributed by atoms with Crippen LogP contribution in [0.5, 0.6) is 0 Å². The van der Waals surface area contributed by atoms with E-state index in [9.17, 15) is 27.6 Å². The minimum Gasteiger partial charge on any atom is -0.368 e. The molecule has 2 saturated heterocycles. The van der Waals surface area contributed by atoms with Crippen LogP contribution in [-0.2, 0) is 17.5 Å². The fourth-order valence-corrected chi connectivity index (χ4v) is 6.29. The molecule has 3 aromatic carbocycles. The minimum atomic E-state index is -4.70. The number of piperazine rings is 1. The number of hydrogen-bond acceptors (Lipinski definition) is 7. The Hall–Kier alpha value is -6.27. The molecule has 0 atom stereocenters. The summed E-state index contributed by atoms with van der Waals surface area (Å²) < 4.78 is 59.9. The quantitative estimate of drug-likeness (QED) is 0.173. The Morgan fingerprint density at radius 1 is 0.962 bits per heavy atom. The van der Waals surface area contributed by atoms with Crippen molar-refractivity contribution in [3.8, 4) is 11.8 Å². The number of carbonyl (C=O) groups is 3. The van der Waals surface area contributed by atoms with Crippen molar-refractivity contribution in [3.05, 3.63) is 118 Å². The third kappa shape index (κ3) is 7.68. The van der Waals surface area contributed by atoms with E-state index in [4.69, 9.17) is 0 Å². The van der Waals surface area contributed by atoms with Gasteiger partial charge in [-0.2, -0.15) is 18.3 Å². The average molecular weight is 725 g/mol. The summed E-state index contributed by atoms with van der Waals surface area (Å²) >= 11 is 0. The van der Waals surface area contributed by atoms with Gasteiger partial charge in [-0.15, -0.1) is 0 Å². The molecule has 15 heteroatoms. The summed E-state index contributed by atoms with van der Waals surface area (Å²) in [7, 11) is 0. The molecule has 2 aromatic heterocycles. The summed E-state index contributed by atoms with van der Waals surface area (Å²) in [5.74, 6) is 4.56. The lowest BCUT2D eigenvalue weighted by molar-refractivity contribution is -0.137. The summed E-state index contributed by atoms with van der Waals surface area (Å²) in [5, 5.41) is 9.04. The summed E-state index contributed by atoms with van der Waals surface area (Å²) in [5.41, 5.74) is 2.59. The first kappa shape index (κ1) is 35.1. The lowest BCUT2D eigenvalue weighted by Gasteiger charge is -2.37. The summed E-state index contributed by atoms with van der Waals surface area (Å²) in [6, 6.07) is 16.0. The molecule has 7 rings (SSSR count). The number of urea groups is 1. The molecule has 4 amide bonds. The summed E-state index contributed by atoms with van der Waals surface area (Å²) in [6.45, 7) is 3.48. The van der Waals surface area contributed by atoms with Gasteiger partial charge in [-0.05, 0) is 73.0 Å². The van der Waals surface area contributed by atoms with Crippen LogP contribution in [0.1, 0.15) is 44.7 Å². The van der Waals surface area contributed by atoms with Crippen LogP contribution < -0.4 is 20.4 Å². The van der Waals surface area contributed by atoms with Gasteiger partial charge >= 0.3 is 12.2 Å².